The van der Waals surface area contributed by atoms with Crippen molar-refractivity contribution >= 4 is 97.4 Å². The molecule has 0 radical (unpaired) electrons. The molecule has 0 N–H and O–H groups in total. The number of ether oxygens (including phenoxy) is 1. The largest absolute Gasteiger partial charge is 0.458 e. The summed E-state index contributed by atoms with van der Waals surface area (Å²) in [5.41, 5.74) is 36.9. The zero-order valence-corrected chi connectivity index (χ0v) is 76.3. The molecule has 0 saturated heterocycles. The summed E-state index contributed by atoms with van der Waals surface area (Å²) in [6.07, 6.45) is 0. The Morgan fingerprint density at radius 1 is 0.238 bits per heavy atom. The predicted molar refractivity (Wildman–Crippen MR) is 549 cm³/mol. The van der Waals surface area contributed by atoms with Gasteiger partial charge in [-0.15, -0.1) is 0 Å². The van der Waals surface area contributed by atoms with Gasteiger partial charge in [-0.3, -0.25) is 0 Å². The zero-order valence-electron chi connectivity index (χ0n) is 84.3. The average Bonchev–Trinajstić information content (AvgIpc) is 1.47. The van der Waals surface area contributed by atoms with Gasteiger partial charge >= 0.3 is 0 Å². The van der Waals surface area contributed by atoms with E-state index in [0.717, 1.165) is 112 Å². The van der Waals surface area contributed by atoms with E-state index >= 15 is 0 Å². The summed E-state index contributed by atoms with van der Waals surface area (Å²) in [6.45, 7) is 34.0. The van der Waals surface area contributed by atoms with Crippen molar-refractivity contribution in [1.29, 1.82) is 0 Å². The minimum absolute atomic E-state index is 0.0601. The maximum atomic E-state index is 10.4. The first-order valence-electron chi connectivity index (χ1n) is 50.2. The van der Waals surface area contributed by atoms with E-state index in [2.05, 4.69) is 398 Å². The van der Waals surface area contributed by atoms with E-state index in [0.29, 0.717) is 28.2 Å². The van der Waals surface area contributed by atoms with Gasteiger partial charge in [0.2, 0.25) is 0 Å². The molecule has 2 spiro atoms. The number of benzene rings is 17. The third-order valence-electron chi connectivity index (χ3n) is 29.9. The minimum atomic E-state index is -1.73. The Morgan fingerprint density at radius 3 is 1.11 bits per heavy atom. The minimum Gasteiger partial charge on any atom is -0.458 e. The highest BCUT2D eigenvalue weighted by Gasteiger charge is 2.57. The molecule has 626 valence electrons. The number of fused-ring (bicyclic) bond motifs is 28. The summed E-state index contributed by atoms with van der Waals surface area (Å²) in [7, 11) is 0. The lowest BCUT2D eigenvalue weighted by Crippen LogP contribution is -2.64. The first kappa shape index (κ1) is 70.1. The molecule has 0 amide bonds. The molecule has 25 rings (SSSR count). The molecule has 4 aliphatic carbocycles. The van der Waals surface area contributed by atoms with E-state index < -0.39 is 41.7 Å². The Hall–Kier alpha value is -13.9. The van der Waals surface area contributed by atoms with Crippen molar-refractivity contribution in [3.05, 3.63) is 424 Å². The molecular weight excluding hydrogens is 1570 g/mol. The predicted octanol–water partition coefficient (Wildman–Crippen LogP) is 28.3. The fraction of sp³-hybridized carbons (Fsp3) is 0.177. The van der Waals surface area contributed by atoms with Gasteiger partial charge in [-0.2, -0.15) is 0 Å². The lowest BCUT2D eigenvalue weighted by atomic mass is 9.30. The highest BCUT2D eigenvalue weighted by Crippen LogP contribution is 2.68. The zero-order chi connectivity index (χ0) is 95.5. The maximum Gasteiger partial charge on any atom is 0.256 e. The van der Waals surface area contributed by atoms with Crippen LogP contribution in [0.1, 0.15) is 187 Å². The summed E-state index contributed by atoms with van der Waals surface area (Å²) >= 11 is 0. The molecular formula is C124H103B2N3O. The van der Waals surface area contributed by atoms with Gasteiger partial charge in [-0.25, -0.2) is 0 Å². The molecule has 0 atom stereocenters. The number of para-hydroxylation sites is 2. The Bertz CT molecular complexity index is 8110. The van der Waals surface area contributed by atoms with Gasteiger partial charge in [-0.1, -0.05) is 377 Å². The molecule has 17 aromatic carbocycles. The smallest absolute Gasteiger partial charge is 0.256 e. The number of rotatable bonds is 6. The van der Waals surface area contributed by atoms with Crippen molar-refractivity contribution in [2.24, 2.45) is 0 Å². The fourth-order valence-corrected chi connectivity index (χ4v) is 23.7. The van der Waals surface area contributed by atoms with Crippen molar-refractivity contribution in [3.63, 3.8) is 0 Å². The molecule has 0 aromatic heterocycles. The van der Waals surface area contributed by atoms with Gasteiger partial charge in [0.1, 0.15) is 11.5 Å². The van der Waals surface area contributed by atoms with Crippen LogP contribution in [0.3, 0.4) is 0 Å². The molecule has 0 bridgehead atoms. The van der Waals surface area contributed by atoms with Gasteiger partial charge in [0, 0.05) is 57.1 Å². The van der Waals surface area contributed by atoms with Crippen LogP contribution in [0.15, 0.2) is 352 Å². The SMILES string of the molecule is [2H]c1c([2H])c([2H])c2c(c1[2H])-c1c([2H])c([2H])c([2H])c([2H])c1C21c2ccccc2-c2cccc(-c3cc4c5c(c3)N(c3ccc(C(C)(C)C)cc3-c3ccccc3)c3ccccc3B5c3cc5c(cc3O4)N(c3cc(C(C)(C)C)cc(C(C)(C)C)c3)c3cc(-c4cccc6c4C4(c7ccccc7-c7ccccc74)c4ccccc4-6)cc4c3B5c3ccccc3N4c3cc(C(C)(C)C)cc(C(C)(C)C)c3)c21. The van der Waals surface area contributed by atoms with Gasteiger partial charge in [0.05, 0.1) is 27.5 Å². The van der Waals surface area contributed by atoms with E-state index in [1.54, 1.807) is 0 Å². The molecule has 4 aliphatic heterocycles. The number of nitrogens with zero attached hydrogens (tertiary/aromatic N) is 3. The lowest BCUT2D eigenvalue weighted by molar-refractivity contribution is 0.488. The van der Waals surface area contributed by atoms with E-state index in [1.807, 2.05) is 24.3 Å². The number of hydrogen-bond acceptors (Lipinski definition) is 4. The van der Waals surface area contributed by atoms with Crippen molar-refractivity contribution in [1.82, 2.24) is 0 Å². The molecule has 4 heterocycles. The van der Waals surface area contributed by atoms with Crippen molar-refractivity contribution in [3.8, 4) is 89.4 Å². The lowest BCUT2D eigenvalue weighted by Gasteiger charge is -2.46. The van der Waals surface area contributed by atoms with Gasteiger partial charge in [0.25, 0.3) is 13.4 Å². The highest BCUT2D eigenvalue weighted by molar-refractivity contribution is 7.02. The second kappa shape index (κ2) is 27.3. The quantitative estimate of drug-likeness (QED) is 0.154. The Labute approximate surface area is 778 Å². The highest BCUT2D eigenvalue weighted by atomic mass is 16.5. The molecule has 0 saturated carbocycles. The summed E-state index contributed by atoms with van der Waals surface area (Å²) in [5.74, 6) is 1.28. The van der Waals surface area contributed by atoms with Crippen LogP contribution in [-0.4, -0.2) is 13.4 Å². The van der Waals surface area contributed by atoms with Gasteiger partial charge in [0.15, 0.2) is 0 Å². The summed E-state index contributed by atoms with van der Waals surface area (Å²) in [4.78, 5) is 7.71. The topological polar surface area (TPSA) is 19.0 Å². The van der Waals surface area contributed by atoms with E-state index in [9.17, 15) is 11.0 Å². The standard InChI is InChI=1S/C124H103B2N3O/c1-118(2,3)77-59-60-105(94(71-77)74-37-17-16-18-38-74)129-107-58-34-32-56-102(107)126-104-72-103-108(73-112(104)130-113-64-76(63-111(129)117(113)126)85-46-36-48-93-91-44-24-30-54-100(91)124(115(85)93)97-51-27-21-41-88(97)89-42-22-28-52-98(89)124)128(83-69-80(121(10,11)12)66-81(70-83)122(13,14)15)110-62-75(61-109-116(110)125(103)101-55-31-33-57-106(101)127(109)82-67-78(119(4,5)6)65-79(68-82)120(7,8)9)84-45-35-47-92-90-43-23-29-53-99(90)123(114(84)92)95-49-25-19-39-86(95)87-40-20-26-50-96(87)123/h16-73H,1-15H3/i21D,22D,27D,28D,41D,42D,51D,52D. The number of hydrogen-bond donors (Lipinski definition) is 0. The Kier molecular flexibility index (Phi) is 14.7. The van der Waals surface area contributed by atoms with E-state index in [-0.39, 0.29) is 80.2 Å². The second-order valence-corrected chi connectivity index (χ2v) is 42.4. The molecule has 0 unspecified atom stereocenters. The second-order valence-electron chi connectivity index (χ2n) is 42.4. The Balaban J connectivity index is 0.807. The van der Waals surface area contributed by atoms with E-state index in [4.69, 9.17) is 4.74 Å². The van der Waals surface area contributed by atoms with Crippen LogP contribution in [0.5, 0.6) is 11.5 Å². The van der Waals surface area contributed by atoms with Crippen LogP contribution in [0.4, 0.5) is 51.2 Å². The van der Waals surface area contributed by atoms with Crippen molar-refractivity contribution in [2.45, 2.75) is 142 Å². The van der Waals surface area contributed by atoms with Crippen LogP contribution in [0.2, 0.25) is 0 Å². The van der Waals surface area contributed by atoms with Crippen LogP contribution < -0.4 is 52.2 Å². The van der Waals surface area contributed by atoms with Crippen LogP contribution in [0, 0.1) is 0 Å². The monoisotopic (exact) mass is 1680 g/mol. The van der Waals surface area contributed by atoms with E-state index in [1.165, 1.54) is 83.3 Å². The molecule has 8 aliphatic rings. The van der Waals surface area contributed by atoms with Gasteiger partial charge < -0.3 is 19.4 Å². The third kappa shape index (κ3) is 10.9. The van der Waals surface area contributed by atoms with Crippen LogP contribution in [0.25, 0.3) is 77.9 Å². The maximum absolute atomic E-state index is 10.4. The normalized spacial score (nSPS) is 15.7. The average molecular weight is 1680 g/mol. The third-order valence-corrected chi connectivity index (χ3v) is 29.9. The van der Waals surface area contributed by atoms with Crippen LogP contribution in [-0.2, 0) is 37.9 Å². The van der Waals surface area contributed by atoms with Gasteiger partial charge in [-0.05, 0) is 277 Å². The molecule has 0 fully saturated rings. The van der Waals surface area contributed by atoms with Crippen molar-refractivity contribution in [2.75, 3.05) is 14.7 Å². The Morgan fingerprint density at radius 2 is 0.623 bits per heavy atom. The summed E-state index contributed by atoms with van der Waals surface area (Å²) < 4.78 is 87.1. The summed E-state index contributed by atoms with van der Waals surface area (Å²) in [5, 5.41) is 0. The summed E-state index contributed by atoms with van der Waals surface area (Å²) in [6, 6.07) is 111. The number of anilines is 9. The molecule has 4 nitrogen and oxygen atoms in total. The first-order valence-corrected chi connectivity index (χ1v) is 46.2. The molecule has 6 heteroatoms. The first-order chi connectivity index (χ1) is 66.0. The van der Waals surface area contributed by atoms with Crippen LogP contribution >= 0.6 is 0 Å². The fourth-order valence-electron chi connectivity index (χ4n) is 23.7. The molecule has 130 heavy (non-hydrogen) atoms. The molecule has 17 aromatic rings. The van der Waals surface area contributed by atoms with Crippen molar-refractivity contribution < 1.29 is 15.7 Å².